The molecule has 0 aliphatic heterocycles. The van der Waals surface area contributed by atoms with E-state index in [0.29, 0.717) is 24.4 Å². The first kappa shape index (κ1) is 16.8. The van der Waals surface area contributed by atoms with Gasteiger partial charge in [0.25, 0.3) is 0 Å². The minimum Gasteiger partial charge on any atom is -0.496 e. The summed E-state index contributed by atoms with van der Waals surface area (Å²) in [6.07, 6.45) is 0.917. The highest BCUT2D eigenvalue weighted by atomic mass is 16.5. The number of nitrogens with one attached hydrogen (secondary N) is 1. The predicted octanol–water partition coefficient (Wildman–Crippen LogP) is 2.50. The van der Waals surface area contributed by atoms with Crippen LogP contribution >= 0.6 is 0 Å². The van der Waals surface area contributed by atoms with Crippen molar-refractivity contribution in [3.05, 3.63) is 29.8 Å². The first-order valence-corrected chi connectivity index (χ1v) is 8.02. The van der Waals surface area contributed by atoms with Crippen molar-refractivity contribution in [1.82, 2.24) is 10.2 Å². The minimum atomic E-state index is 0.0891. The summed E-state index contributed by atoms with van der Waals surface area (Å²) in [6, 6.07) is 8.36. The fraction of sp³-hybridized carbons (Fsp3) is 0.611. The molecule has 0 spiro atoms. The Balaban J connectivity index is 1.91. The number of hydrogen-bond acceptors (Lipinski definition) is 3. The van der Waals surface area contributed by atoms with Crippen molar-refractivity contribution in [2.75, 3.05) is 27.7 Å². The van der Waals surface area contributed by atoms with E-state index in [0.717, 1.165) is 17.7 Å². The van der Waals surface area contributed by atoms with Crippen LogP contribution in [0.4, 0.5) is 0 Å². The Labute approximate surface area is 133 Å². The van der Waals surface area contributed by atoms with E-state index in [-0.39, 0.29) is 11.8 Å². The zero-order valence-corrected chi connectivity index (χ0v) is 14.3. The van der Waals surface area contributed by atoms with E-state index in [4.69, 9.17) is 4.74 Å². The quantitative estimate of drug-likeness (QED) is 0.841. The van der Waals surface area contributed by atoms with E-state index in [1.54, 1.807) is 7.11 Å². The second kappa shape index (κ2) is 7.14. The first-order valence-electron chi connectivity index (χ1n) is 8.02. The summed E-state index contributed by atoms with van der Waals surface area (Å²) in [4.78, 5) is 14.5. The molecule has 1 aliphatic rings. The fourth-order valence-electron chi connectivity index (χ4n) is 3.15. The lowest BCUT2D eigenvalue weighted by Crippen LogP contribution is -2.43. The van der Waals surface area contributed by atoms with Gasteiger partial charge in [-0.1, -0.05) is 32.0 Å². The van der Waals surface area contributed by atoms with E-state index >= 15 is 0 Å². The third kappa shape index (κ3) is 3.80. The molecule has 1 aliphatic carbocycles. The van der Waals surface area contributed by atoms with Crippen LogP contribution in [-0.4, -0.2) is 44.6 Å². The molecule has 0 radical (unpaired) electrons. The summed E-state index contributed by atoms with van der Waals surface area (Å²) in [5.41, 5.74) is 1.15. The number of nitrogens with zero attached hydrogens (tertiary/aromatic N) is 1. The zero-order valence-electron chi connectivity index (χ0n) is 14.3. The van der Waals surface area contributed by atoms with Gasteiger partial charge in [-0.3, -0.25) is 4.79 Å². The number of methoxy groups -OCH3 is 1. The largest absolute Gasteiger partial charge is 0.496 e. The lowest BCUT2D eigenvalue weighted by atomic mass is 10.0. The Bertz CT molecular complexity index is 506. The van der Waals surface area contributed by atoms with Crippen molar-refractivity contribution in [3.8, 4) is 5.75 Å². The number of rotatable bonds is 7. The Morgan fingerprint density at radius 2 is 2.05 bits per heavy atom. The van der Waals surface area contributed by atoms with Gasteiger partial charge in [0.05, 0.1) is 7.11 Å². The van der Waals surface area contributed by atoms with Gasteiger partial charge in [-0.15, -0.1) is 0 Å². The standard InChI is InChI=1S/C18H28N2O2/c1-12(2)16(20(3)4)11-19-18(21)15-10-14(15)13-8-6-7-9-17(13)22-5/h6-9,12,14-16H,10-11H2,1-5H3,(H,19,21)/t14-,15+,16-/m0/s1. The zero-order chi connectivity index (χ0) is 16.3. The van der Waals surface area contributed by atoms with E-state index < -0.39 is 0 Å². The molecule has 0 unspecified atom stereocenters. The van der Waals surface area contributed by atoms with Gasteiger partial charge in [0.15, 0.2) is 0 Å². The molecule has 3 atom stereocenters. The Kier molecular flexibility index (Phi) is 5.46. The van der Waals surface area contributed by atoms with Gasteiger partial charge in [-0.2, -0.15) is 0 Å². The van der Waals surface area contributed by atoms with Crippen molar-refractivity contribution < 1.29 is 9.53 Å². The van der Waals surface area contributed by atoms with Crippen molar-refractivity contribution in [1.29, 1.82) is 0 Å². The van der Waals surface area contributed by atoms with Crippen molar-refractivity contribution in [2.24, 2.45) is 11.8 Å². The molecular formula is C18H28N2O2. The van der Waals surface area contributed by atoms with Crippen molar-refractivity contribution in [3.63, 3.8) is 0 Å². The lowest BCUT2D eigenvalue weighted by Gasteiger charge is -2.28. The maximum atomic E-state index is 12.4. The van der Waals surface area contributed by atoms with Gasteiger partial charge in [0.1, 0.15) is 5.75 Å². The summed E-state index contributed by atoms with van der Waals surface area (Å²) in [5.74, 6) is 1.96. The maximum Gasteiger partial charge on any atom is 0.223 e. The molecule has 4 heteroatoms. The van der Waals surface area contributed by atoms with Crippen LogP contribution in [0.3, 0.4) is 0 Å². The van der Waals surface area contributed by atoms with Crippen LogP contribution in [0.1, 0.15) is 31.7 Å². The number of amides is 1. The molecule has 1 saturated carbocycles. The number of benzene rings is 1. The molecule has 22 heavy (non-hydrogen) atoms. The normalized spacial score (nSPS) is 21.8. The summed E-state index contributed by atoms with van der Waals surface area (Å²) in [7, 11) is 5.80. The molecule has 1 aromatic rings. The summed E-state index contributed by atoms with van der Waals surface area (Å²) < 4.78 is 5.40. The summed E-state index contributed by atoms with van der Waals surface area (Å²) in [5, 5.41) is 3.12. The molecule has 0 bridgehead atoms. The van der Waals surface area contributed by atoms with Gasteiger partial charge in [0, 0.05) is 18.5 Å². The van der Waals surface area contributed by atoms with Crippen LogP contribution in [0.2, 0.25) is 0 Å². The van der Waals surface area contributed by atoms with Crippen LogP contribution in [-0.2, 0) is 4.79 Å². The molecule has 0 saturated heterocycles. The molecule has 1 N–H and O–H groups in total. The topological polar surface area (TPSA) is 41.6 Å². The molecule has 0 heterocycles. The van der Waals surface area contributed by atoms with Gasteiger partial charge in [-0.25, -0.2) is 0 Å². The first-order chi connectivity index (χ1) is 10.5. The number of carbonyl (C=O) groups is 1. The van der Waals surface area contributed by atoms with Gasteiger partial charge in [-0.05, 0) is 44.0 Å². The second-order valence-corrected chi connectivity index (χ2v) is 6.71. The molecular weight excluding hydrogens is 276 g/mol. The van der Waals surface area contributed by atoms with Gasteiger partial charge >= 0.3 is 0 Å². The number of likely N-dealkylation sites (N-methyl/N-ethyl adjacent to an activating group) is 1. The smallest absolute Gasteiger partial charge is 0.223 e. The van der Waals surface area contributed by atoms with E-state index in [2.05, 4.69) is 44.2 Å². The third-order valence-corrected chi connectivity index (χ3v) is 4.58. The van der Waals surface area contributed by atoms with Crippen molar-refractivity contribution >= 4 is 5.91 Å². The number of carbonyl (C=O) groups excluding carboxylic acids is 1. The third-order valence-electron chi connectivity index (χ3n) is 4.58. The van der Waals surface area contributed by atoms with Crippen LogP contribution in [0, 0.1) is 11.8 Å². The molecule has 1 aromatic carbocycles. The predicted molar refractivity (Wildman–Crippen MR) is 89.2 cm³/mol. The minimum absolute atomic E-state index is 0.0891. The molecule has 4 nitrogen and oxygen atoms in total. The molecule has 1 amide bonds. The van der Waals surface area contributed by atoms with Crippen LogP contribution in [0.25, 0.3) is 0 Å². The highest BCUT2D eigenvalue weighted by Crippen LogP contribution is 2.50. The average molecular weight is 304 g/mol. The highest BCUT2D eigenvalue weighted by Gasteiger charge is 2.45. The van der Waals surface area contributed by atoms with Crippen molar-refractivity contribution in [2.45, 2.75) is 32.2 Å². The monoisotopic (exact) mass is 304 g/mol. The summed E-state index contributed by atoms with van der Waals surface area (Å²) in [6.45, 7) is 5.08. The second-order valence-electron chi connectivity index (χ2n) is 6.71. The molecule has 2 rings (SSSR count). The van der Waals surface area contributed by atoms with E-state index in [1.165, 1.54) is 0 Å². The SMILES string of the molecule is COc1ccccc1[C@@H]1C[C@H]1C(=O)NC[C@@H](C(C)C)N(C)C. The summed E-state index contributed by atoms with van der Waals surface area (Å²) >= 11 is 0. The van der Waals surface area contributed by atoms with Crippen LogP contribution in [0.5, 0.6) is 5.75 Å². The molecule has 122 valence electrons. The molecule has 1 fully saturated rings. The average Bonchev–Trinajstić information content (AvgIpc) is 3.26. The Morgan fingerprint density at radius 3 is 2.64 bits per heavy atom. The number of ether oxygens (including phenoxy) is 1. The highest BCUT2D eigenvalue weighted by molar-refractivity contribution is 5.83. The van der Waals surface area contributed by atoms with E-state index in [1.807, 2.05) is 18.2 Å². The van der Waals surface area contributed by atoms with Crippen LogP contribution in [0.15, 0.2) is 24.3 Å². The Hall–Kier alpha value is -1.55. The number of para-hydroxylation sites is 1. The van der Waals surface area contributed by atoms with E-state index in [9.17, 15) is 4.79 Å². The lowest BCUT2D eigenvalue weighted by molar-refractivity contribution is -0.122. The maximum absolute atomic E-state index is 12.4. The van der Waals surface area contributed by atoms with Gasteiger partial charge < -0.3 is 15.0 Å². The van der Waals surface area contributed by atoms with Gasteiger partial charge in [0.2, 0.25) is 5.91 Å². The van der Waals surface area contributed by atoms with Crippen LogP contribution < -0.4 is 10.1 Å². The Morgan fingerprint density at radius 1 is 1.36 bits per heavy atom. The molecule has 0 aromatic heterocycles. The number of hydrogen-bond donors (Lipinski definition) is 1. The fourth-order valence-corrected chi connectivity index (χ4v) is 3.15.